The normalized spacial score (nSPS) is 12.7. The third kappa shape index (κ3) is 4.51. The molecule has 0 N–H and O–H groups in total. The van der Waals surface area contributed by atoms with E-state index in [0.717, 1.165) is 46.9 Å². The van der Waals surface area contributed by atoms with Crippen molar-refractivity contribution in [2.75, 3.05) is 4.90 Å². The van der Waals surface area contributed by atoms with Gasteiger partial charge in [0.2, 0.25) is 0 Å². The molecule has 0 atom stereocenters. The predicted octanol–water partition coefficient (Wildman–Crippen LogP) is 12.8. The SMILES string of the molecule is C1=Cc2oc3cc(N(c4cccc(-c5ccccc5)c4)c4ccc5ccc6c7ccccc7n(-c7ccccc7)c6c5c4)ccc3c2CC1. The number of furan rings is 1. The van der Waals surface area contributed by atoms with Gasteiger partial charge in [0.15, 0.2) is 0 Å². The van der Waals surface area contributed by atoms with Crippen molar-refractivity contribution in [3.8, 4) is 16.8 Å². The molecule has 2 heterocycles. The second kappa shape index (κ2) is 11.1. The van der Waals surface area contributed by atoms with Crippen LogP contribution in [0.3, 0.4) is 0 Å². The van der Waals surface area contributed by atoms with Gasteiger partial charge in [-0.3, -0.25) is 0 Å². The Morgan fingerprint density at radius 2 is 1.24 bits per heavy atom. The molecule has 232 valence electrons. The number of allylic oxidation sites excluding steroid dienone is 1. The lowest BCUT2D eigenvalue weighted by atomic mass is 10.0. The summed E-state index contributed by atoms with van der Waals surface area (Å²) in [6.45, 7) is 0. The summed E-state index contributed by atoms with van der Waals surface area (Å²) >= 11 is 0. The van der Waals surface area contributed by atoms with Crippen molar-refractivity contribution in [3.05, 3.63) is 175 Å². The number of rotatable bonds is 5. The molecule has 0 radical (unpaired) electrons. The summed E-state index contributed by atoms with van der Waals surface area (Å²) in [6, 6.07) is 57.0. The number of anilines is 3. The molecule has 10 rings (SSSR count). The number of hydrogen-bond acceptors (Lipinski definition) is 2. The molecule has 0 bridgehead atoms. The Bertz CT molecular complexity index is 2710. The van der Waals surface area contributed by atoms with E-state index in [1.807, 2.05) is 0 Å². The molecule has 7 aromatic carbocycles. The minimum absolute atomic E-state index is 0.922. The Morgan fingerprint density at radius 1 is 0.531 bits per heavy atom. The summed E-state index contributed by atoms with van der Waals surface area (Å²) in [5, 5.41) is 6.11. The monoisotopic (exact) mass is 628 g/mol. The minimum atomic E-state index is 0.922. The molecule has 0 amide bonds. The highest BCUT2D eigenvalue weighted by Gasteiger charge is 2.21. The number of para-hydroxylation sites is 2. The fraction of sp³-hybridized carbons (Fsp3) is 0.0435. The molecule has 0 fully saturated rings. The van der Waals surface area contributed by atoms with Crippen molar-refractivity contribution in [3.63, 3.8) is 0 Å². The maximum atomic E-state index is 6.46. The van der Waals surface area contributed by atoms with Gasteiger partial charge in [-0.2, -0.15) is 0 Å². The van der Waals surface area contributed by atoms with E-state index < -0.39 is 0 Å². The molecule has 3 nitrogen and oxygen atoms in total. The highest BCUT2D eigenvalue weighted by atomic mass is 16.3. The Kier molecular flexibility index (Phi) is 6.31. The molecule has 1 aliphatic carbocycles. The molecule has 0 spiro atoms. The Balaban J connectivity index is 1.24. The Labute approximate surface area is 284 Å². The first-order chi connectivity index (χ1) is 24.3. The van der Waals surface area contributed by atoms with Crippen LogP contribution in [0, 0.1) is 0 Å². The van der Waals surface area contributed by atoms with E-state index in [4.69, 9.17) is 4.42 Å². The van der Waals surface area contributed by atoms with Crippen LogP contribution in [0.5, 0.6) is 0 Å². The summed E-state index contributed by atoms with van der Waals surface area (Å²) in [7, 11) is 0. The summed E-state index contributed by atoms with van der Waals surface area (Å²) < 4.78 is 8.88. The van der Waals surface area contributed by atoms with Crippen molar-refractivity contribution in [2.45, 2.75) is 12.8 Å². The number of benzene rings is 7. The fourth-order valence-corrected chi connectivity index (χ4v) is 7.76. The Hall–Kier alpha value is -6.32. The van der Waals surface area contributed by atoms with Crippen LogP contribution in [-0.4, -0.2) is 4.57 Å². The maximum absolute atomic E-state index is 6.46. The van der Waals surface area contributed by atoms with Crippen molar-refractivity contribution >= 4 is 66.7 Å². The summed E-state index contributed by atoms with van der Waals surface area (Å²) in [6.07, 6.45) is 6.39. The lowest BCUT2D eigenvalue weighted by Gasteiger charge is -2.26. The maximum Gasteiger partial charge on any atom is 0.137 e. The van der Waals surface area contributed by atoms with Gasteiger partial charge in [-0.25, -0.2) is 0 Å². The average Bonchev–Trinajstić information content (AvgIpc) is 3.71. The average molecular weight is 629 g/mol. The third-order valence-electron chi connectivity index (χ3n) is 10.0. The zero-order valence-electron chi connectivity index (χ0n) is 26.9. The zero-order chi connectivity index (χ0) is 32.3. The van der Waals surface area contributed by atoms with E-state index >= 15 is 0 Å². The first-order valence-electron chi connectivity index (χ1n) is 17.0. The van der Waals surface area contributed by atoms with Gasteiger partial charge in [0.1, 0.15) is 11.3 Å². The molecule has 9 aromatic rings. The van der Waals surface area contributed by atoms with E-state index in [9.17, 15) is 0 Å². The van der Waals surface area contributed by atoms with Gasteiger partial charge in [0.05, 0.1) is 11.0 Å². The van der Waals surface area contributed by atoms with Crippen molar-refractivity contribution in [1.29, 1.82) is 0 Å². The molecule has 0 saturated heterocycles. The third-order valence-corrected chi connectivity index (χ3v) is 10.0. The predicted molar refractivity (Wildman–Crippen MR) is 206 cm³/mol. The molecule has 1 aliphatic rings. The second-order valence-corrected chi connectivity index (χ2v) is 12.9. The summed E-state index contributed by atoms with van der Waals surface area (Å²) in [5.41, 5.74) is 11.4. The van der Waals surface area contributed by atoms with Crippen LogP contribution in [0.4, 0.5) is 17.1 Å². The number of nitrogens with zero attached hydrogens (tertiary/aromatic N) is 2. The topological polar surface area (TPSA) is 21.3 Å². The van der Waals surface area contributed by atoms with Gasteiger partial charge in [-0.1, -0.05) is 103 Å². The fourth-order valence-electron chi connectivity index (χ4n) is 7.76. The van der Waals surface area contributed by atoms with E-state index in [-0.39, 0.29) is 0 Å². The van der Waals surface area contributed by atoms with Gasteiger partial charge in [-0.05, 0) is 90.0 Å². The standard InChI is InChI=1S/C46H32N2O/c1-3-12-31(13-4-1)33-14-11-17-35(28-33)47(37-25-27-40-39-19-8-10-21-44(39)49-45(40)30-37)36-24-22-32-23-26-41-38-18-7-9-20-43(38)48(46(41)42(32)29-36)34-15-5-2-6-16-34/h1-7,9-18,20-30H,8,19H2. The largest absolute Gasteiger partial charge is 0.456 e. The molecule has 0 saturated carbocycles. The van der Waals surface area contributed by atoms with Gasteiger partial charge < -0.3 is 13.9 Å². The van der Waals surface area contributed by atoms with Crippen molar-refractivity contribution in [2.24, 2.45) is 0 Å². The molecular weight excluding hydrogens is 597 g/mol. The lowest BCUT2D eigenvalue weighted by molar-refractivity contribution is 0.595. The van der Waals surface area contributed by atoms with E-state index in [1.54, 1.807) is 0 Å². The molecule has 0 aliphatic heterocycles. The number of fused-ring (bicyclic) bond motifs is 8. The van der Waals surface area contributed by atoms with E-state index in [0.29, 0.717) is 0 Å². The first kappa shape index (κ1) is 27.8. The van der Waals surface area contributed by atoms with Crippen LogP contribution in [0.25, 0.3) is 66.4 Å². The van der Waals surface area contributed by atoms with Crippen LogP contribution in [0.1, 0.15) is 17.7 Å². The molecule has 49 heavy (non-hydrogen) atoms. The van der Waals surface area contributed by atoms with Crippen LogP contribution in [0.15, 0.2) is 168 Å². The van der Waals surface area contributed by atoms with Crippen molar-refractivity contribution in [1.82, 2.24) is 4.57 Å². The molecule has 0 unspecified atom stereocenters. The summed E-state index contributed by atoms with van der Waals surface area (Å²) in [5.74, 6) is 0.984. The van der Waals surface area contributed by atoms with Gasteiger partial charge in [-0.15, -0.1) is 0 Å². The zero-order valence-corrected chi connectivity index (χ0v) is 26.9. The second-order valence-electron chi connectivity index (χ2n) is 12.9. The van der Waals surface area contributed by atoms with Crippen LogP contribution < -0.4 is 4.90 Å². The lowest BCUT2D eigenvalue weighted by Crippen LogP contribution is -2.10. The molecule has 3 heteroatoms. The van der Waals surface area contributed by atoms with E-state index in [2.05, 4.69) is 179 Å². The van der Waals surface area contributed by atoms with E-state index in [1.165, 1.54) is 54.7 Å². The minimum Gasteiger partial charge on any atom is -0.456 e. The van der Waals surface area contributed by atoms with Gasteiger partial charge in [0.25, 0.3) is 0 Å². The summed E-state index contributed by atoms with van der Waals surface area (Å²) in [4.78, 5) is 2.37. The highest BCUT2D eigenvalue weighted by Crippen LogP contribution is 2.43. The van der Waals surface area contributed by atoms with Crippen LogP contribution >= 0.6 is 0 Å². The smallest absolute Gasteiger partial charge is 0.137 e. The first-order valence-corrected chi connectivity index (χ1v) is 17.0. The van der Waals surface area contributed by atoms with Crippen LogP contribution in [0.2, 0.25) is 0 Å². The molecule has 2 aromatic heterocycles. The number of hydrogen-bond donors (Lipinski definition) is 0. The van der Waals surface area contributed by atoms with Gasteiger partial charge in [0, 0.05) is 55.9 Å². The molecular formula is C46H32N2O. The quantitative estimate of drug-likeness (QED) is 0.189. The highest BCUT2D eigenvalue weighted by molar-refractivity contribution is 6.19. The number of aryl methyl sites for hydroxylation is 1. The van der Waals surface area contributed by atoms with Crippen LogP contribution in [-0.2, 0) is 6.42 Å². The van der Waals surface area contributed by atoms with Crippen molar-refractivity contribution < 1.29 is 4.42 Å². The number of aromatic nitrogens is 1. The van der Waals surface area contributed by atoms with Gasteiger partial charge >= 0.3 is 0 Å². The Morgan fingerprint density at radius 3 is 2.14 bits per heavy atom.